The Kier molecular flexibility index (Phi) is 11.5. The summed E-state index contributed by atoms with van der Waals surface area (Å²) in [6.45, 7) is 10.7. The zero-order valence-electron chi connectivity index (χ0n) is 33.5. The predicted octanol–water partition coefficient (Wildman–Crippen LogP) is 4.73. The standard InChI is InChI=1S/C44H54N6O7S/c1-5-29-26-44(29,42(55)48-58(56,57)31-19-20-31)47-40(53)37-23-30(27-50(37)41(54)34(43(2,3)4)25-38(51)49-21-13-6-7-14-22-49)45-39(52)33-24-36(28-15-9-8-10-16-28)46-35-18-12-11-17-32(33)35/h5,8-12,15-18,24,29-31,34,37H,1,6-7,13-14,19-23,25-27H2,2-4H3,(H,45,52)(H,47,53)(H,48,55)/t29?,30-,34-,37+,44-/m1/s1. The van der Waals surface area contributed by atoms with Gasteiger partial charge in [-0.05, 0) is 56.1 Å². The molecule has 3 N–H and O–H groups in total. The smallest absolute Gasteiger partial charge is 0.259 e. The molecule has 5 amide bonds. The molecule has 4 fully saturated rings. The van der Waals surface area contributed by atoms with Crippen LogP contribution in [-0.2, 0) is 29.2 Å². The predicted molar refractivity (Wildman–Crippen MR) is 220 cm³/mol. The van der Waals surface area contributed by atoms with Gasteiger partial charge < -0.3 is 20.4 Å². The summed E-state index contributed by atoms with van der Waals surface area (Å²) in [4.78, 5) is 79.1. The number of nitrogens with zero attached hydrogens (tertiary/aromatic N) is 3. The topological polar surface area (TPSA) is 175 Å². The van der Waals surface area contributed by atoms with Crippen molar-refractivity contribution < 1.29 is 32.4 Å². The molecule has 2 saturated carbocycles. The molecule has 2 aromatic carbocycles. The third-order valence-electron chi connectivity index (χ3n) is 12.2. The minimum atomic E-state index is -3.91. The summed E-state index contributed by atoms with van der Waals surface area (Å²) in [6.07, 6.45) is 6.44. The van der Waals surface area contributed by atoms with E-state index in [-0.39, 0.29) is 31.7 Å². The molecule has 0 radical (unpaired) electrons. The lowest BCUT2D eigenvalue weighted by Crippen LogP contribution is -2.57. The molecule has 7 rings (SSSR count). The summed E-state index contributed by atoms with van der Waals surface area (Å²) in [5.41, 5.74) is 0.219. The van der Waals surface area contributed by atoms with E-state index in [9.17, 15) is 32.4 Å². The van der Waals surface area contributed by atoms with Gasteiger partial charge in [0.1, 0.15) is 11.6 Å². The summed E-state index contributed by atoms with van der Waals surface area (Å²) in [7, 11) is -3.91. The number of para-hydroxylation sites is 1. The Balaban J connectivity index is 1.18. The molecule has 13 nitrogen and oxygen atoms in total. The Labute approximate surface area is 340 Å². The lowest BCUT2D eigenvalue weighted by Gasteiger charge is -2.36. The van der Waals surface area contributed by atoms with Gasteiger partial charge in [-0.1, -0.05) is 88.2 Å². The number of carbonyl (C=O) groups is 5. The fraction of sp³-hybridized carbons (Fsp3) is 0.500. The van der Waals surface area contributed by atoms with E-state index in [1.165, 1.54) is 11.0 Å². The first-order valence-corrected chi connectivity index (χ1v) is 22.0. The van der Waals surface area contributed by atoms with E-state index in [4.69, 9.17) is 4.98 Å². The van der Waals surface area contributed by atoms with E-state index in [2.05, 4.69) is 21.9 Å². The molecular formula is C44H54N6O7S. The van der Waals surface area contributed by atoms with Crippen LogP contribution in [0.1, 0.15) is 88.9 Å². The molecule has 2 aliphatic heterocycles. The van der Waals surface area contributed by atoms with Gasteiger partial charge in [0, 0.05) is 49.0 Å². The second kappa shape index (κ2) is 16.3. The van der Waals surface area contributed by atoms with E-state index in [0.29, 0.717) is 48.1 Å². The summed E-state index contributed by atoms with van der Waals surface area (Å²) in [6, 6.07) is 16.8. The van der Waals surface area contributed by atoms with Crippen molar-refractivity contribution in [1.82, 2.24) is 30.1 Å². The number of fused-ring (bicyclic) bond motifs is 1. The number of sulfonamides is 1. The van der Waals surface area contributed by atoms with Gasteiger partial charge in [-0.3, -0.25) is 28.7 Å². The third kappa shape index (κ3) is 8.67. The quantitative estimate of drug-likeness (QED) is 0.220. The summed E-state index contributed by atoms with van der Waals surface area (Å²) in [5, 5.41) is 5.92. The molecule has 14 heteroatoms. The van der Waals surface area contributed by atoms with Gasteiger partial charge in [0.25, 0.3) is 11.8 Å². The number of benzene rings is 2. The summed E-state index contributed by atoms with van der Waals surface area (Å²) >= 11 is 0. The molecule has 0 bridgehead atoms. The maximum atomic E-state index is 14.9. The lowest BCUT2D eigenvalue weighted by atomic mass is 9.77. The van der Waals surface area contributed by atoms with Crippen molar-refractivity contribution in [2.75, 3.05) is 19.6 Å². The van der Waals surface area contributed by atoms with E-state index in [1.54, 1.807) is 6.07 Å². The fourth-order valence-corrected chi connectivity index (χ4v) is 9.79. The van der Waals surface area contributed by atoms with E-state index < -0.39 is 73.8 Å². The molecule has 3 aromatic rings. The third-order valence-corrected chi connectivity index (χ3v) is 14.0. The first-order valence-electron chi connectivity index (χ1n) is 20.5. The average molecular weight is 811 g/mol. The maximum Gasteiger partial charge on any atom is 0.259 e. The van der Waals surface area contributed by atoms with Gasteiger partial charge in [0.05, 0.1) is 27.9 Å². The molecule has 3 heterocycles. The molecule has 2 saturated heterocycles. The molecule has 0 spiro atoms. The minimum Gasteiger partial charge on any atom is -0.347 e. The highest BCUT2D eigenvalue weighted by atomic mass is 32.2. The van der Waals surface area contributed by atoms with Crippen molar-refractivity contribution in [3.05, 3.63) is 78.9 Å². The van der Waals surface area contributed by atoms with Crippen LogP contribution < -0.4 is 15.4 Å². The van der Waals surface area contributed by atoms with Crippen LogP contribution in [0.15, 0.2) is 73.3 Å². The summed E-state index contributed by atoms with van der Waals surface area (Å²) < 4.78 is 27.8. The number of aromatic nitrogens is 1. The van der Waals surface area contributed by atoms with Crippen molar-refractivity contribution in [3.8, 4) is 11.3 Å². The number of rotatable bonds is 12. The van der Waals surface area contributed by atoms with Crippen LogP contribution in [0.4, 0.5) is 0 Å². The van der Waals surface area contributed by atoms with Crippen LogP contribution in [0.2, 0.25) is 0 Å². The molecule has 5 atom stereocenters. The van der Waals surface area contributed by atoms with Crippen LogP contribution in [0.25, 0.3) is 22.2 Å². The Morgan fingerprint density at radius 3 is 2.28 bits per heavy atom. The van der Waals surface area contributed by atoms with Gasteiger partial charge in [-0.15, -0.1) is 6.58 Å². The number of nitrogens with one attached hydrogen (secondary N) is 3. The second-order valence-electron chi connectivity index (χ2n) is 17.5. The molecule has 1 unspecified atom stereocenters. The molecule has 1 aromatic heterocycles. The molecule has 58 heavy (non-hydrogen) atoms. The molecule has 308 valence electrons. The number of hydrogen-bond donors (Lipinski definition) is 3. The SMILES string of the molecule is C=CC1C[C@]1(NC(=O)[C@@H]1C[C@@H](NC(=O)c2cc(-c3ccccc3)nc3ccccc23)CN1C(=O)[C@@H](CC(=O)N1CCCCCC1)C(C)(C)C)C(=O)NS(=O)(=O)C1CC1. The van der Waals surface area contributed by atoms with Crippen LogP contribution in [0.3, 0.4) is 0 Å². The highest BCUT2D eigenvalue weighted by Gasteiger charge is 2.62. The molecule has 2 aliphatic carbocycles. The van der Waals surface area contributed by atoms with Crippen molar-refractivity contribution in [2.24, 2.45) is 17.3 Å². The number of carbonyl (C=O) groups excluding carboxylic acids is 5. The van der Waals surface area contributed by atoms with Crippen molar-refractivity contribution in [1.29, 1.82) is 0 Å². The van der Waals surface area contributed by atoms with Crippen LogP contribution in [-0.4, -0.2) is 95.2 Å². The van der Waals surface area contributed by atoms with Gasteiger partial charge >= 0.3 is 0 Å². The Morgan fingerprint density at radius 2 is 1.64 bits per heavy atom. The normalized spacial score (nSPS) is 24.0. The van der Waals surface area contributed by atoms with Crippen molar-refractivity contribution >= 4 is 50.5 Å². The first-order chi connectivity index (χ1) is 27.6. The number of pyridine rings is 1. The van der Waals surface area contributed by atoms with Gasteiger partial charge in [-0.25, -0.2) is 13.4 Å². The highest BCUT2D eigenvalue weighted by molar-refractivity contribution is 7.91. The lowest BCUT2D eigenvalue weighted by molar-refractivity contribution is -0.148. The Morgan fingerprint density at radius 1 is 0.966 bits per heavy atom. The molecular weight excluding hydrogens is 757 g/mol. The largest absolute Gasteiger partial charge is 0.347 e. The van der Waals surface area contributed by atoms with Gasteiger partial charge in [0.15, 0.2) is 0 Å². The first kappa shape index (κ1) is 41.1. The number of hydrogen-bond acceptors (Lipinski definition) is 8. The Hall–Kier alpha value is -5.11. The zero-order valence-corrected chi connectivity index (χ0v) is 34.4. The van der Waals surface area contributed by atoms with E-state index >= 15 is 0 Å². The minimum absolute atomic E-state index is 0.0195. The maximum absolute atomic E-state index is 14.9. The van der Waals surface area contributed by atoms with Gasteiger partial charge in [-0.2, -0.15) is 0 Å². The fourth-order valence-electron chi connectivity index (χ4n) is 8.42. The van der Waals surface area contributed by atoms with E-state index in [1.807, 2.05) is 80.3 Å². The second-order valence-corrected chi connectivity index (χ2v) is 19.4. The monoisotopic (exact) mass is 810 g/mol. The number of likely N-dealkylation sites (tertiary alicyclic amines) is 2. The van der Waals surface area contributed by atoms with Crippen LogP contribution >= 0.6 is 0 Å². The average Bonchev–Trinajstić information content (AvgIpc) is 4.13. The van der Waals surface area contributed by atoms with Gasteiger partial charge in [0.2, 0.25) is 27.7 Å². The highest BCUT2D eigenvalue weighted by Crippen LogP contribution is 2.46. The molecule has 4 aliphatic rings. The number of amides is 5. The van der Waals surface area contributed by atoms with E-state index in [0.717, 1.165) is 31.2 Å². The van der Waals surface area contributed by atoms with Crippen molar-refractivity contribution in [2.45, 2.75) is 101 Å². The van der Waals surface area contributed by atoms with Crippen LogP contribution in [0, 0.1) is 17.3 Å². The van der Waals surface area contributed by atoms with Crippen molar-refractivity contribution in [3.63, 3.8) is 0 Å². The van der Waals surface area contributed by atoms with Crippen LogP contribution in [0.5, 0.6) is 0 Å². The zero-order chi connectivity index (χ0) is 41.4. The Bertz CT molecular complexity index is 2210. The summed E-state index contributed by atoms with van der Waals surface area (Å²) in [5.74, 6) is -3.74.